The van der Waals surface area contributed by atoms with Crippen molar-refractivity contribution in [3.8, 4) is 5.75 Å². The van der Waals surface area contributed by atoms with Gasteiger partial charge in [0.2, 0.25) is 0 Å². The average Bonchev–Trinajstić information content (AvgIpc) is 2.06. The van der Waals surface area contributed by atoms with Gasteiger partial charge in [0.1, 0.15) is 0 Å². The van der Waals surface area contributed by atoms with Gasteiger partial charge in [0.25, 0.3) is 0 Å². The van der Waals surface area contributed by atoms with Crippen molar-refractivity contribution >= 4 is 23.1 Å². The molecule has 68 valence electrons. The van der Waals surface area contributed by atoms with E-state index in [-0.39, 0.29) is 40.0 Å². The van der Waals surface area contributed by atoms with Crippen LogP contribution in [0.15, 0.2) is 24.3 Å². The molecule has 0 aromatic heterocycles. The number of hydrogen-bond acceptors (Lipinski definition) is 1. The van der Waals surface area contributed by atoms with Gasteiger partial charge in [0, 0.05) is 5.75 Å². The normalized spacial score (nSPS) is 10.6. The van der Waals surface area contributed by atoms with E-state index in [0.717, 1.165) is 12.2 Å². The van der Waals surface area contributed by atoms with Crippen LogP contribution in [-0.2, 0) is 0 Å². The number of rotatable bonds is 3. The maximum Gasteiger partial charge on any atom is 2.00 e. The minimum absolute atomic E-state index is 0. The Morgan fingerprint density at radius 2 is 1.92 bits per heavy atom. The van der Waals surface area contributed by atoms with Crippen molar-refractivity contribution in [2.45, 2.75) is 26.4 Å². The van der Waals surface area contributed by atoms with E-state index in [2.05, 4.69) is 19.9 Å². The number of ether oxygens (including phenoxy) is 1. The van der Waals surface area contributed by atoms with E-state index in [9.17, 15) is 0 Å². The van der Waals surface area contributed by atoms with Crippen molar-refractivity contribution in [3.05, 3.63) is 30.3 Å². The standard InChI is InChI=1S/C10H13O.BrH.Mg/c1-3-9(2)11-10-7-5-4-6-8-10;;/h5-9H,3H2,1-2H3;1H;/q-1;;+2/p-1. The first-order chi connectivity index (χ1) is 5.33. The van der Waals surface area contributed by atoms with Gasteiger partial charge >= 0.3 is 23.1 Å². The van der Waals surface area contributed by atoms with Crippen molar-refractivity contribution in [2.75, 3.05) is 0 Å². The summed E-state index contributed by atoms with van der Waals surface area (Å²) in [5.41, 5.74) is 0. The van der Waals surface area contributed by atoms with Gasteiger partial charge in [-0.1, -0.05) is 6.92 Å². The maximum atomic E-state index is 5.54. The SMILES string of the molecule is CCC(C)Oc1cc[c-]cc1.[Br-].[Mg+2]. The molecule has 0 N–H and O–H groups in total. The molecule has 0 spiro atoms. The molecule has 0 heterocycles. The van der Waals surface area contributed by atoms with Crippen molar-refractivity contribution < 1.29 is 21.7 Å². The molecule has 3 heteroatoms. The Balaban J connectivity index is 0. The Kier molecular flexibility index (Phi) is 10.7. The summed E-state index contributed by atoms with van der Waals surface area (Å²) in [6.45, 7) is 4.18. The minimum atomic E-state index is 0. The van der Waals surface area contributed by atoms with Crippen LogP contribution >= 0.6 is 0 Å². The number of hydrogen-bond donors (Lipinski definition) is 0. The summed E-state index contributed by atoms with van der Waals surface area (Å²) in [7, 11) is 0. The molecule has 1 rings (SSSR count). The van der Waals surface area contributed by atoms with Crippen molar-refractivity contribution in [1.82, 2.24) is 0 Å². The molecule has 0 saturated carbocycles. The van der Waals surface area contributed by atoms with Crippen LogP contribution < -0.4 is 21.7 Å². The van der Waals surface area contributed by atoms with E-state index < -0.39 is 0 Å². The van der Waals surface area contributed by atoms with Crippen molar-refractivity contribution in [1.29, 1.82) is 0 Å². The number of benzene rings is 1. The third-order valence-electron chi connectivity index (χ3n) is 1.60. The molecule has 1 atom stereocenters. The Bertz CT molecular complexity index is 203. The first-order valence-corrected chi connectivity index (χ1v) is 3.95. The van der Waals surface area contributed by atoms with Gasteiger partial charge in [-0.3, -0.25) is 0 Å². The Hall–Kier alpha value is 0.266. The van der Waals surface area contributed by atoms with Crippen LogP contribution in [0.4, 0.5) is 0 Å². The molecule has 1 aromatic rings. The summed E-state index contributed by atoms with van der Waals surface area (Å²) >= 11 is 0. The zero-order chi connectivity index (χ0) is 8.10. The monoisotopic (exact) mass is 252 g/mol. The van der Waals surface area contributed by atoms with Gasteiger partial charge in [-0.15, -0.1) is 12.1 Å². The van der Waals surface area contributed by atoms with Gasteiger partial charge in [-0.2, -0.15) is 18.2 Å². The fourth-order valence-corrected chi connectivity index (χ4v) is 0.766. The molecular formula is C10H13BrMgO. The smallest absolute Gasteiger partial charge is 1.00 e. The molecule has 0 amide bonds. The molecule has 13 heavy (non-hydrogen) atoms. The zero-order valence-corrected chi connectivity index (χ0v) is 11.1. The van der Waals surface area contributed by atoms with Crippen LogP contribution in [0.25, 0.3) is 0 Å². The first kappa shape index (κ1) is 15.7. The van der Waals surface area contributed by atoms with Crippen molar-refractivity contribution in [2.24, 2.45) is 0 Å². The molecule has 1 nitrogen and oxygen atoms in total. The summed E-state index contributed by atoms with van der Waals surface area (Å²) in [4.78, 5) is 0. The second kappa shape index (κ2) is 8.85. The van der Waals surface area contributed by atoms with Crippen LogP contribution in [0.1, 0.15) is 20.3 Å². The second-order valence-electron chi connectivity index (χ2n) is 2.57. The van der Waals surface area contributed by atoms with Gasteiger partial charge in [-0.25, -0.2) is 0 Å². The van der Waals surface area contributed by atoms with Gasteiger partial charge in [-0.05, 0) is 13.3 Å². The van der Waals surface area contributed by atoms with Crippen LogP contribution in [0.5, 0.6) is 5.75 Å². The number of halogens is 1. The molecule has 0 aliphatic carbocycles. The predicted molar refractivity (Wildman–Crippen MR) is 51.4 cm³/mol. The molecule has 0 fully saturated rings. The minimum Gasteiger partial charge on any atom is -1.00 e. The van der Waals surface area contributed by atoms with Crippen LogP contribution in [0.3, 0.4) is 0 Å². The first-order valence-electron chi connectivity index (χ1n) is 3.95. The topological polar surface area (TPSA) is 9.23 Å². The van der Waals surface area contributed by atoms with Gasteiger partial charge in [0.15, 0.2) is 0 Å². The van der Waals surface area contributed by atoms with Crippen LogP contribution in [0.2, 0.25) is 0 Å². The van der Waals surface area contributed by atoms with E-state index in [1.54, 1.807) is 0 Å². The predicted octanol–water partition coefficient (Wildman–Crippen LogP) is -0.713. The maximum absolute atomic E-state index is 5.54. The average molecular weight is 253 g/mol. The summed E-state index contributed by atoms with van der Waals surface area (Å²) in [6, 6.07) is 10.5. The largest absolute Gasteiger partial charge is 2.00 e. The van der Waals surface area contributed by atoms with Gasteiger partial charge in [0.05, 0.1) is 6.10 Å². The van der Waals surface area contributed by atoms with Crippen molar-refractivity contribution in [3.63, 3.8) is 0 Å². The van der Waals surface area contributed by atoms with Crippen LogP contribution in [-0.4, -0.2) is 29.2 Å². The molecule has 0 bridgehead atoms. The Morgan fingerprint density at radius 1 is 1.38 bits per heavy atom. The molecule has 1 aromatic carbocycles. The molecule has 0 aliphatic heterocycles. The molecular weight excluding hydrogens is 240 g/mol. The zero-order valence-electron chi connectivity index (χ0n) is 8.09. The summed E-state index contributed by atoms with van der Waals surface area (Å²) < 4.78 is 5.54. The third-order valence-corrected chi connectivity index (χ3v) is 1.60. The summed E-state index contributed by atoms with van der Waals surface area (Å²) in [6.07, 6.45) is 1.34. The van der Waals surface area contributed by atoms with Crippen LogP contribution in [0, 0.1) is 6.07 Å². The summed E-state index contributed by atoms with van der Waals surface area (Å²) in [5, 5.41) is 0. The Labute approximate surface area is 107 Å². The van der Waals surface area contributed by atoms with E-state index in [0.29, 0.717) is 6.10 Å². The Morgan fingerprint density at radius 3 is 2.38 bits per heavy atom. The molecule has 1 unspecified atom stereocenters. The second-order valence-corrected chi connectivity index (χ2v) is 2.57. The molecule has 0 aliphatic rings. The fourth-order valence-electron chi connectivity index (χ4n) is 0.766. The van der Waals surface area contributed by atoms with E-state index in [1.807, 2.05) is 24.3 Å². The van der Waals surface area contributed by atoms with E-state index >= 15 is 0 Å². The van der Waals surface area contributed by atoms with Gasteiger partial charge < -0.3 is 21.7 Å². The molecule has 0 radical (unpaired) electrons. The quantitative estimate of drug-likeness (QED) is 0.511. The van der Waals surface area contributed by atoms with E-state index in [4.69, 9.17) is 4.74 Å². The fraction of sp³-hybridized carbons (Fsp3) is 0.400. The molecule has 0 saturated heterocycles. The third kappa shape index (κ3) is 6.35. The summed E-state index contributed by atoms with van der Waals surface area (Å²) in [5.74, 6) is 0.929. The van der Waals surface area contributed by atoms with E-state index in [1.165, 1.54) is 0 Å².